The van der Waals surface area contributed by atoms with Gasteiger partial charge in [-0.1, -0.05) is 12.8 Å². The van der Waals surface area contributed by atoms with E-state index < -0.39 is 0 Å². The fourth-order valence-electron chi connectivity index (χ4n) is 1.41. The van der Waals surface area contributed by atoms with Crippen LogP contribution in [0.2, 0.25) is 0 Å². The molecule has 0 radical (unpaired) electrons. The van der Waals surface area contributed by atoms with Crippen LogP contribution in [0.25, 0.3) is 0 Å². The molecular weight excluding hydrogens is 164 g/mol. The predicted molar refractivity (Wildman–Crippen MR) is 50.6 cm³/mol. The number of rotatable bonds is 3. The van der Waals surface area contributed by atoms with Crippen molar-refractivity contribution in [1.82, 2.24) is 9.55 Å². The lowest BCUT2D eigenvalue weighted by molar-refractivity contribution is 0.572. The summed E-state index contributed by atoms with van der Waals surface area (Å²) >= 11 is 0. The molecule has 70 valence electrons. The minimum Gasteiger partial charge on any atom is -0.299 e. The van der Waals surface area contributed by atoms with Crippen LogP contribution in [0.3, 0.4) is 0 Å². The van der Waals surface area contributed by atoms with Gasteiger partial charge in [-0.05, 0) is 19.3 Å². The predicted octanol–water partition coefficient (Wildman–Crippen LogP) is 1.35. The van der Waals surface area contributed by atoms with Crippen LogP contribution < -0.4 is 5.56 Å². The zero-order chi connectivity index (χ0) is 9.26. The van der Waals surface area contributed by atoms with Crippen molar-refractivity contribution in [2.45, 2.75) is 32.7 Å². The fraction of sp³-hybridized carbons (Fsp3) is 0.600. The smallest absolute Gasteiger partial charge is 0.253 e. The largest absolute Gasteiger partial charge is 0.299 e. The van der Waals surface area contributed by atoms with E-state index >= 15 is 0 Å². The van der Waals surface area contributed by atoms with Gasteiger partial charge in [-0.2, -0.15) is 0 Å². The number of aromatic nitrogens is 2. The summed E-state index contributed by atoms with van der Waals surface area (Å²) in [6, 6.07) is 1.59. The second kappa shape index (κ2) is 3.32. The van der Waals surface area contributed by atoms with E-state index in [4.69, 9.17) is 0 Å². The lowest BCUT2D eigenvalue weighted by Gasteiger charge is -2.03. The summed E-state index contributed by atoms with van der Waals surface area (Å²) in [6.45, 7) is 2.67. The Hall–Kier alpha value is -1.12. The third-order valence-corrected chi connectivity index (χ3v) is 2.49. The molecule has 0 aromatic carbocycles. The summed E-state index contributed by atoms with van der Waals surface area (Å²) in [5.41, 5.74) is 0.876. The van der Waals surface area contributed by atoms with Gasteiger partial charge in [0, 0.05) is 18.3 Å². The number of aryl methyl sites for hydroxylation is 2. The maximum atomic E-state index is 11.4. The summed E-state index contributed by atoms with van der Waals surface area (Å²) < 4.78 is 1.70. The summed E-state index contributed by atoms with van der Waals surface area (Å²) in [5.74, 6) is 0.869. The summed E-state index contributed by atoms with van der Waals surface area (Å²) in [6.07, 6.45) is 5.47. The van der Waals surface area contributed by atoms with Crippen LogP contribution in [0.1, 0.15) is 25.0 Å². The molecule has 1 saturated carbocycles. The monoisotopic (exact) mass is 178 g/mol. The molecule has 0 amide bonds. The highest BCUT2D eigenvalue weighted by Gasteiger charge is 2.20. The lowest BCUT2D eigenvalue weighted by atomic mass is 10.3. The molecule has 0 bridgehead atoms. The van der Waals surface area contributed by atoms with Crippen molar-refractivity contribution >= 4 is 0 Å². The molecule has 3 heteroatoms. The average Bonchev–Trinajstić information content (AvgIpc) is 2.86. The summed E-state index contributed by atoms with van der Waals surface area (Å²) in [5, 5.41) is 0. The summed E-state index contributed by atoms with van der Waals surface area (Å²) in [4.78, 5) is 15.5. The van der Waals surface area contributed by atoms with Crippen molar-refractivity contribution in [3.8, 4) is 0 Å². The first-order valence-electron chi connectivity index (χ1n) is 4.79. The maximum absolute atomic E-state index is 11.4. The van der Waals surface area contributed by atoms with E-state index in [9.17, 15) is 4.79 Å². The highest BCUT2D eigenvalue weighted by Crippen LogP contribution is 2.32. The lowest BCUT2D eigenvalue weighted by Crippen LogP contribution is -2.20. The van der Waals surface area contributed by atoms with Crippen molar-refractivity contribution < 1.29 is 0 Å². The Morgan fingerprint density at radius 2 is 2.38 bits per heavy atom. The number of hydrogen-bond donors (Lipinski definition) is 0. The topological polar surface area (TPSA) is 34.9 Å². The Morgan fingerprint density at radius 3 is 3.00 bits per heavy atom. The number of nitrogens with zero attached hydrogens (tertiary/aromatic N) is 2. The van der Waals surface area contributed by atoms with Gasteiger partial charge in [0.05, 0.1) is 6.33 Å². The van der Waals surface area contributed by atoms with Crippen LogP contribution in [0, 0.1) is 12.8 Å². The Bertz CT molecular complexity index is 352. The molecule has 0 spiro atoms. The molecule has 2 rings (SSSR count). The molecule has 0 N–H and O–H groups in total. The van der Waals surface area contributed by atoms with E-state index in [1.54, 1.807) is 17.0 Å². The van der Waals surface area contributed by atoms with Gasteiger partial charge < -0.3 is 0 Å². The molecule has 0 saturated heterocycles. The van der Waals surface area contributed by atoms with E-state index in [1.807, 2.05) is 6.92 Å². The van der Waals surface area contributed by atoms with Gasteiger partial charge in [0.25, 0.3) is 5.56 Å². The zero-order valence-corrected chi connectivity index (χ0v) is 7.86. The van der Waals surface area contributed by atoms with Gasteiger partial charge in [0.1, 0.15) is 0 Å². The quantitative estimate of drug-likeness (QED) is 0.700. The van der Waals surface area contributed by atoms with Crippen LogP contribution in [-0.2, 0) is 6.54 Å². The Kier molecular flexibility index (Phi) is 2.17. The maximum Gasteiger partial charge on any atom is 0.253 e. The van der Waals surface area contributed by atoms with Gasteiger partial charge in [0.2, 0.25) is 0 Å². The zero-order valence-electron chi connectivity index (χ0n) is 7.86. The van der Waals surface area contributed by atoms with Crippen LogP contribution in [0.15, 0.2) is 17.2 Å². The standard InChI is InChI=1S/C10H14N2O/c1-8-6-10(13)12(7-11-8)5-4-9-2-3-9/h6-7,9H,2-5H2,1H3. The molecule has 1 fully saturated rings. The Balaban J connectivity index is 2.06. The van der Waals surface area contributed by atoms with Crippen molar-refractivity contribution in [3.05, 3.63) is 28.4 Å². The van der Waals surface area contributed by atoms with E-state index in [0.29, 0.717) is 0 Å². The van der Waals surface area contributed by atoms with Crippen LogP contribution in [-0.4, -0.2) is 9.55 Å². The third kappa shape index (κ3) is 2.17. The van der Waals surface area contributed by atoms with Gasteiger partial charge in [-0.3, -0.25) is 9.36 Å². The van der Waals surface area contributed by atoms with Gasteiger partial charge >= 0.3 is 0 Å². The second-order valence-electron chi connectivity index (χ2n) is 3.79. The molecule has 1 aromatic heterocycles. The minimum absolute atomic E-state index is 0.0770. The highest BCUT2D eigenvalue weighted by atomic mass is 16.1. The van der Waals surface area contributed by atoms with Gasteiger partial charge in [0.15, 0.2) is 0 Å². The molecule has 1 aliphatic carbocycles. The number of hydrogen-bond acceptors (Lipinski definition) is 2. The first-order chi connectivity index (χ1) is 6.25. The van der Waals surface area contributed by atoms with Crippen LogP contribution in [0.4, 0.5) is 0 Å². The minimum atomic E-state index is 0.0770. The molecule has 0 aliphatic heterocycles. The average molecular weight is 178 g/mol. The summed E-state index contributed by atoms with van der Waals surface area (Å²) in [7, 11) is 0. The van der Waals surface area contributed by atoms with E-state index in [2.05, 4.69) is 4.98 Å². The molecule has 0 atom stereocenters. The highest BCUT2D eigenvalue weighted by molar-refractivity contribution is 4.96. The van der Waals surface area contributed by atoms with E-state index in [1.165, 1.54) is 12.8 Å². The normalized spacial score (nSPS) is 16.1. The van der Waals surface area contributed by atoms with Crippen molar-refractivity contribution in [1.29, 1.82) is 0 Å². The molecule has 1 aliphatic rings. The third-order valence-electron chi connectivity index (χ3n) is 2.49. The SMILES string of the molecule is Cc1cc(=O)n(CCC2CC2)cn1. The van der Waals surface area contributed by atoms with Crippen LogP contribution >= 0.6 is 0 Å². The molecule has 3 nitrogen and oxygen atoms in total. The van der Waals surface area contributed by atoms with Gasteiger partial charge in [-0.15, -0.1) is 0 Å². The molecule has 1 aromatic rings. The molecule has 0 unspecified atom stereocenters. The van der Waals surface area contributed by atoms with Crippen molar-refractivity contribution in [3.63, 3.8) is 0 Å². The van der Waals surface area contributed by atoms with Gasteiger partial charge in [-0.25, -0.2) is 4.98 Å². The first-order valence-corrected chi connectivity index (χ1v) is 4.79. The van der Waals surface area contributed by atoms with Crippen molar-refractivity contribution in [2.75, 3.05) is 0 Å². The van der Waals surface area contributed by atoms with Crippen molar-refractivity contribution in [2.24, 2.45) is 5.92 Å². The molecule has 13 heavy (non-hydrogen) atoms. The molecular formula is C10H14N2O. The fourth-order valence-corrected chi connectivity index (χ4v) is 1.41. The van der Waals surface area contributed by atoms with Crippen LogP contribution in [0.5, 0.6) is 0 Å². The Labute approximate surface area is 77.4 Å². The Morgan fingerprint density at radius 1 is 1.62 bits per heavy atom. The van der Waals surface area contributed by atoms with E-state index in [-0.39, 0.29) is 5.56 Å². The van der Waals surface area contributed by atoms with E-state index in [0.717, 1.165) is 24.6 Å². The first kappa shape index (κ1) is 8.48. The molecule has 1 heterocycles. The second-order valence-corrected chi connectivity index (χ2v) is 3.79.